The summed E-state index contributed by atoms with van der Waals surface area (Å²) in [5.41, 5.74) is 0.442. The Bertz CT molecular complexity index is 591. The monoisotopic (exact) mass is 340 g/mol. The Morgan fingerprint density at radius 2 is 2.13 bits per heavy atom. The number of hydrogen-bond acceptors (Lipinski definition) is 4. The number of likely N-dealkylation sites (N-methyl/N-ethyl adjacent to an activating group) is 1. The van der Waals surface area contributed by atoms with Crippen LogP contribution in [0.25, 0.3) is 0 Å². The lowest BCUT2D eigenvalue weighted by Crippen LogP contribution is -2.54. The van der Waals surface area contributed by atoms with E-state index in [1.165, 1.54) is 23.9 Å². The van der Waals surface area contributed by atoms with Crippen molar-refractivity contribution in [2.24, 2.45) is 0 Å². The summed E-state index contributed by atoms with van der Waals surface area (Å²) >= 11 is 1.26. The van der Waals surface area contributed by atoms with Gasteiger partial charge in [-0.1, -0.05) is 6.92 Å². The molecule has 0 aromatic heterocycles. The lowest BCUT2D eigenvalue weighted by Gasteiger charge is -2.42. The average Bonchev–Trinajstić information content (AvgIpc) is 2.48. The predicted molar refractivity (Wildman–Crippen MR) is 87.3 cm³/mol. The van der Waals surface area contributed by atoms with Gasteiger partial charge in [-0.2, -0.15) is 0 Å². The lowest BCUT2D eigenvalue weighted by atomic mass is 9.85. The molecule has 0 aliphatic heterocycles. The number of carboxylic acids is 1. The normalized spacial score (nSPS) is 20.2. The van der Waals surface area contributed by atoms with Crippen molar-refractivity contribution in [3.05, 3.63) is 29.6 Å². The number of hydrogen-bond donors (Lipinski definition) is 2. The second-order valence-electron chi connectivity index (χ2n) is 5.60. The fourth-order valence-corrected chi connectivity index (χ4v) is 3.25. The molecule has 0 unspecified atom stereocenters. The molecule has 1 aliphatic carbocycles. The first-order valence-electron chi connectivity index (χ1n) is 7.54. The SMILES string of the molecule is CCN(CC(=O)O)C1CC(NC(=O)c2ccc(F)c(SC)c2)C1. The van der Waals surface area contributed by atoms with Crippen molar-refractivity contribution in [1.29, 1.82) is 0 Å². The molecule has 5 nitrogen and oxygen atoms in total. The number of nitrogens with zero attached hydrogens (tertiary/aromatic N) is 1. The summed E-state index contributed by atoms with van der Waals surface area (Å²) in [4.78, 5) is 25.3. The third-order valence-electron chi connectivity index (χ3n) is 4.12. The van der Waals surface area contributed by atoms with Gasteiger partial charge in [0.25, 0.3) is 5.91 Å². The second-order valence-corrected chi connectivity index (χ2v) is 6.45. The van der Waals surface area contributed by atoms with E-state index < -0.39 is 5.97 Å². The van der Waals surface area contributed by atoms with Crippen molar-refractivity contribution in [3.63, 3.8) is 0 Å². The van der Waals surface area contributed by atoms with Crippen molar-refractivity contribution < 1.29 is 19.1 Å². The molecular weight excluding hydrogens is 319 g/mol. The highest BCUT2D eigenvalue weighted by Gasteiger charge is 2.34. The molecule has 126 valence electrons. The second kappa shape index (κ2) is 7.79. The van der Waals surface area contributed by atoms with Crippen molar-refractivity contribution in [2.45, 2.75) is 36.7 Å². The molecule has 23 heavy (non-hydrogen) atoms. The average molecular weight is 340 g/mol. The summed E-state index contributed by atoms with van der Waals surface area (Å²) in [6, 6.07) is 4.56. The van der Waals surface area contributed by atoms with Gasteiger partial charge in [-0.25, -0.2) is 4.39 Å². The molecule has 0 radical (unpaired) electrons. The summed E-state index contributed by atoms with van der Waals surface area (Å²) in [6.45, 7) is 2.63. The zero-order valence-electron chi connectivity index (χ0n) is 13.2. The van der Waals surface area contributed by atoms with E-state index >= 15 is 0 Å². The Labute approximate surface area is 139 Å². The molecule has 1 fully saturated rings. The Hall–Kier alpha value is -1.60. The Morgan fingerprint density at radius 3 is 2.70 bits per heavy atom. The van der Waals surface area contributed by atoms with Crippen molar-refractivity contribution in [3.8, 4) is 0 Å². The molecule has 0 saturated heterocycles. The van der Waals surface area contributed by atoms with Gasteiger partial charge in [0.1, 0.15) is 5.82 Å². The van der Waals surface area contributed by atoms with E-state index in [9.17, 15) is 14.0 Å². The summed E-state index contributed by atoms with van der Waals surface area (Å²) < 4.78 is 13.5. The Balaban J connectivity index is 1.87. The highest BCUT2D eigenvalue weighted by Crippen LogP contribution is 2.26. The summed E-state index contributed by atoms with van der Waals surface area (Å²) in [6.07, 6.45) is 3.24. The highest BCUT2D eigenvalue weighted by atomic mass is 32.2. The molecular formula is C16H21FN2O3S. The molecule has 1 aromatic rings. The fraction of sp³-hybridized carbons (Fsp3) is 0.500. The van der Waals surface area contributed by atoms with Crippen LogP contribution in [-0.4, -0.2) is 53.3 Å². The summed E-state index contributed by atoms with van der Waals surface area (Å²) in [5, 5.41) is 11.8. The standard InChI is InChI=1S/C16H21FN2O3S/c1-3-19(9-15(20)21)12-7-11(8-12)18-16(22)10-4-5-13(17)14(6-10)23-2/h4-6,11-12H,3,7-9H2,1-2H3,(H,18,22)(H,20,21). The maximum atomic E-state index is 13.5. The minimum atomic E-state index is -0.838. The molecule has 1 amide bonds. The number of amides is 1. The smallest absolute Gasteiger partial charge is 0.317 e. The van der Waals surface area contributed by atoms with E-state index in [0.29, 0.717) is 17.0 Å². The van der Waals surface area contributed by atoms with Gasteiger partial charge in [-0.3, -0.25) is 14.5 Å². The number of carbonyl (C=O) groups excluding carboxylic acids is 1. The molecule has 0 heterocycles. The summed E-state index contributed by atoms with van der Waals surface area (Å²) in [5.74, 6) is -1.38. The number of thioether (sulfide) groups is 1. The number of nitrogens with one attached hydrogen (secondary N) is 1. The number of carbonyl (C=O) groups is 2. The first-order valence-corrected chi connectivity index (χ1v) is 8.77. The van der Waals surface area contributed by atoms with E-state index in [-0.39, 0.29) is 30.4 Å². The first-order chi connectivity index (χ1) is 10.9. The highest BCUT2D eigenvalue weighted by molar-refractivity contribution is 7.98. The Morgan fingerprint density at radius 1 is 1.43 bits per heavy atom. The van der Waals surface area contributed by atoms with E-state index in [4.69, 9.17) is 5.11 Å². The number of carboxylic acid groups (broad SMARTS) is 1. The van der Waals surface area contributed by atoms with Crippen LogP contribution in [0.2, 0.25) is 0 Å². The van der Waals surface area contributed by atoms with Crippen LogP contribution in [0.5, 0.6) is 0 Å². The van der Waals surface area contributed by atoms with E-state index in [1.807, 2.05) is 11.8 Å². The van der Waals surface area contributed by atoms with Crippen LogP contribution in [0, 0.1) is 5.82 Å². The van der Waals surface area contributed by atoms with Gasteiger partial charge in [-0.05, 0) is 43.8 Å². The van der Waals surface area contributed by atoms with E-state index in [0.717, 1.165) is 12.8 Å². The van der Waals surface area contributed by atoms with Crippen molar-refractivity contribution in [2.75, 3.05) is 19.3 Å². The maximum Gasteiger partial charge on any atom is 0.317 e. The molecule has 1 saturated carbocycles. The van der Waals surface area contributed by atoms with Crippen LogP contribution in [0.15, 0.2) is 23.1 Å². The molecule has 2 rings (SSSR count). The quantitative estimate of drug-likeness (QED) is 0.745. The maximum absolute atomic E-state index is 13.5. The van der Waals surface area contributed by atoms with Gasteiger partial charge in [0.2, 0.25) is 0 Å². The molecule has 0 spiro atoms. The van der Waals surface area contributed by atoms with Crippen LogP contribution in [-0.2, 0) is 4.79 Å². The summed E-state index contributed by atoms with van der Waals surface area (Å²) in [7, 11) is 0. The van der Waals surface area contributed by atoms with Crippen LogP contribution in [0.3, 0.4) is 0 Å². The predicted octanol–water partition coefficient (Wildman–Crippen LogP) is 2.21. The van der Waals surface area contributed by atoms with E-state index in [1.54, 1.807) is 12.3 Å². The van der Waals surface area contributed by atoms with Gasteiger partial charge in [0.15, 0.2) is 0 Å². The van der Waals surface area contributed by atoms with Crippen LogP contribution >= 0.6 is 11.8 Å². The van der Waals surface area contributed by atoms with Crippen molar-refractivity contribution >= 4 is 23.6 Å². The minimum absolute atomic E-state index is 0.0247. The largest absolute Gasteiger partial charge is 0.480 e. The van der Waals surface area contributed by atoms with Gasteiger partial charge in [0.05, 0.1) is 6.54 Å². The topological polar surface area (TPSA) is 69.6 Å². The zero-order valence-corrected chi connectivity index (χ0v) is 14.0. The molecule has 1 aromatic carbocycles. The van der Waals surface area contributed by atoms with Gasteiger partial charge >= 0.3 is 5.97 Å². The van der Waals surface area contributed by atoms with Gasteiger partial charge in [-0.15, -0.1) is 11.8 Å². The van der Waals surface area contributed by atoms with Gasteiger partial charge in [0, 0.05) is 22.5 Å². The molecule has 2 N–H and O–H groups in total. The van der Waals surface area contributed by atoms with Crippen LogP contribution in [0.4, 0.5) is 4.39 Å². The first kappa shape index (κ1) is 17.7. The molecule has 0 atom stereocenters. The Kier molecular flexibility index (Phi) is 6.01. The lowest BCUT2D eigenvalue weighted by molar-refractivity contribution is -0.139. The number of benzene rings is 1. The number of halogens is 1. The molecule has 7 heteroatoms. The van der Waals surface area contributed by atoms with E-state index in [2.05, 4.69) is 5.32 Å². The third kappa shape index (κ3) is 4.45. The van der Waals surface area contributed by atoms with Crippen LogP contribution < -0.4 is 5.32 Å². The molecule has 0 bridgehead atoms. The van der Waals surface area contributed by atoms with Crippen molar-refractivity contribution in [1.82, 2.24) is 10.2 Å². The fourth-order valence-electron chi connectivity index (χ4n) is 2.75. The van der Waals surface area contributed by atoms with Gasteiger partial charge < -0.3 is 10.4 Å². The minimum Gasteiger partial charge on any atom is -0.480 e. The van der Waals surface area contributed by atoms with Crippen LogP contribution in [0.1, 0.15) is 30.1 Å². The zero-order chi connectivity index (χ0) is 17.0. The molecule has 1 aliphatic rings. The third-order valence-corrected chi connectivity index (χ3v) is 4.88. The number of aliphatic carboxylic acids is 1. The number of rotatable bonds is 7.